The molecule has 4 nitrogen and oxygen atoms in total. The predicted octanol–water partition coefficient (Wildman–Crippen LogP) is 0.757. The molecule has 0 heterocycles. The van der Waals surface area contributed by atoms with Gasteiger partial charge in [-0.25, -0.2) is 10.2 Å². The minimum absolute atomic E-state index is 0.000185. The summed E-state index contributed by atoms with van der Waals surface area (Å²) in [5.74, 6) is 4.88. The van der Waals surface area contributed by atoms with Crippen molar-refractivity contribution in [2.24, 2.45) is 5.84 Å². The lowest BCUT2D eigenvalue weighted by Crippen LogP contribution is -2.54. The van der Waals surface area contributed by atoms with Crippen LogP contribution in [0, 0.1) is 0 Å². The van der Waals surface area contributed by atoms with E-state index in [0.717, 1.165) is 0 Å². The van der Waals surface area contributed by atoms with Crippen LogP contribution in [0.2, 0.25) is 0 Å². The van der Waals surface area contributed by atoms with Crippen LogP contribution in [0.5, 0.6) is 0 Å². The molecular weight excluding hydrogens is 216 g/mol. The van der Waals surface area contributed by atoms with Crippen molar-refractivity contribution < 1.29 is 9.53 Å². The van der Waals surface area contributed by atoms with Crippen LogP contribution in [0.1, 0.15) is 5.56 Å². The molecule has 1 aromatic rings. The van der Waals surface area contributed by atoms with Gasteiger partial charge in [0, 0.05) is 0 Å². The summed E-state index contributed by atoms with van der Waals surface area (Å²) in [6.45, 7) is 0. The second kappa shape index (κ2) is 5.11. The van der Waals surface area contributed by atoms with E-state index >= 15 is 0 Å². The molecule has 0 aromatic heterocycles. The molecule has 0 aliphatic heterocycles. The van der Waals surface area contributed by atoms with Crippen LogP contribution in [-0.4, -0.2) is 19.0 Å². The van der Waals surface area contributed by atoms with Crippen LogP contribution in [-0.2, 0) is 15.1 Å². The summed E-state index contributed by atoms with van der Waals surface area (Å²) in [6, 6.07) is 8.97. The average molecular weight is 229 g/mol. The van der Waals surface area contributed by atoms with E-state index in [2.05, 4.69) is 10.2 Å². The molecule has 1 rings (SSSR count). The Bertz CT molecular complexity index is 325. The first kappa shape index (κ1) is 12.0. The largest absolute Gasteiger partial charge is 0.467 e. The van der Waals surface area contributed by atoms with Crippen molar-refractivity contribution in [2.45, 2.75) is 5.54 Å². The van der Waals surface area contributed by atoms with Gasteiger partial charge in [0.05, 0.1) is 13.0 Å². The number of esters is 1. The molecule has 0 saturated heterocycles. The Labute approximate surface area is 93.3 Å². The molecule has 1 aromatic carbocycles. The Morgan fingerprint density at radius 1 is 1.53 bits per heavy atom. The van der Waals surface area contributed by atoms with Gasteiger partial charge in [0.1, 0.15) is 0 Å². The number of benzene rings is 1. The van der Waals surface area contributed by atoms with E-state index in [1.165, 1.54) is 7.11 Å². The molecule has 5 heteroatoms. The van der Waals surface area contributed by atoms with E-state index in [0.29, 0.717) is 5.56 Å². The fourth-order valence-electron chi connectivity index (χ4n) is 1.33. The lowest BCUT2D eigenvalue weighted by molar-refractivity contribution is -0.148. The van der Waals surface area contributed by atoms with Crippen LogP contribution in [0.3, 0.4) is 0 Å². The average Bonchev–Trinajstić information content (AvgIpc) is 2.32. The highest BCUT2D eigenvalue weighted by molar-refractivity contribution is 6.20. The molecule has 0 amide bonds. The van der Waals surface area contributed by atoms with Crippen molar-refractivity contribution >= 4 is 17.6 Å². The molecule has 0 bridgehead atoms. The SMILES string of the molecule is COC(=O)C(CCl)(NN)c1ccccc1. The number of alkyl halides is 1. The number of nitrogens with two attached hydrogens (primary N) is 1. The predicted molar refractivity (Wildman–Crippen MR) is 58.2 cm³/mol. The van der Waals surface area contributed by atoms with Gasteiger partial charge in [0.2, 0.25) is 0 Å². The first-order chi connectivity index (χ1) is 7.21. The Morgan fingerprint density at radius 2 is 2.13 bits per heavy atom. The Kier molecular flexibility index (Phi) is 4.08. The quantitative estimate of drug-likeness (QED) is 0.346. The highest BCUT2D eigenvalue weighted by Gasteiger charge is 2.39. The number of methoxy groups -OCH3 is 1. The van der Waals surface area contributed by atoms with Gasteiger partial charge in [0.15, 0.2) is 5.54 Å². The lowest BCUT2D eigenvalue weighted by atomic mass is 9.93. The second-order valence-electron chi connectivity index (χ2n) is 3.04. The van der Waals surface area contributed by atoms with Crippen LogP contribution in [0.4, 0.5) is 0 Å². The number of carbonyl (C=O) groups is 1. The van der Waals surface area contributed by atoms with Gasteiger partial charge in [-0.1, -0.05) is 30.3 Å². The second-order valence-corrected chi connectivity index (χ2v) is 3.31. The minimum atomic E-state index is -1.18. The van der Waals surface area contributed by atoms with Gasteiger partial charge in [-0.05, 0) is 5.56 Å². The summed E-state index contributed by atoms with van der Waals surface area (Å²) in [4.78, 5) is 11.6. The zero-order valence-corrected chi connectivity index (χ0v) is 9.12. The molecule has 0 fully saturated rings. The molecule has 3 N–H and O–H groups in total. The molecule has 1 atom stereocenters. The van der Waals surface area contributed by atoms with Crippen molar-refractivity contribution in [1.29, 1.82) is 0 Å². The molecule has 0 aliphatic rings. The molecule has 15 heavy (non-hydrogen) atoms. The van der Waals surface area contributed by atoms with Crippen LogP contribution < -0.4 is 11.3 Å². The van der Waals surface area contributed by atoms with Crippen molar-refractivity contribution in [2.75, 3.05) is 13.0 Å². The van der Waals surface area contributed by atoms with Crippen LogP contribution >= 0.6 is 11.6 Å². The summed E-state index contributed by atoms with van der Waals surface area (Å²) in [5, 5.41) is 0. The number of carbonyl (C=O) groups excluding carboxylic acids is 1. The van der Waals surface area contributed by atoms with Crippen molar-refractivity contribution in [1.82, 2.24) is 5.43 Å². The number of hydrogen-bond acceptors (Lipinski definition) is 4. The molecule has 0 spiro atoms. The van der Waals surface area contributed by atoms with Gasteiger partial charge in [-0.15, -0.1) is 11.6 Å². The minimum Gasteiger partial charge on any atom is -0.467 e. The number of hydrogen-bond donors (Lipinski definition) is 2. The molecule has 1 unspecified atom stereocenters. The maximum absolute atomic E-state index is 11.6. The first-order valence-electron chi connectivity index (χ1n) is 4.39. The summed E-state index contributed by atoms with van der Waals surface area (Å²) < 4.78 is 4.69. The van der Waals surface area contributed by atoms with Crippen molar-refractivity contribution in [3.8, 4) is 0 Å². The zero-order valence-electron chi connectivity index (χ0n) is 8.37. The monoisotopic (exact) mass is 228 g/mol. The maximum atomic E-state index is 11.6. The van der Waals surface area contributed by atoms with E-state index in [9.17, 15) is 4.79 Å². The number of halogens is 1. The van der Waals surface area contributed by atoms with Crippen LogP contribution in [0.25, 0.3) is 0 Å². The Morgan fingerprint density at radius 3 is 2.53 bits per heavy atom. The van der Waals surface area contributed by atoms with E-state index < -0.39 is 11.5 Å². The number of nitrogens with one attached hydrogen (secondary N) is 1. The van der Waals surface area contributed by atoms with Crippen molar-refractivity contribution in [3.63, 3.8) is 0 Å². The third kappa shape index (κ3) is 2.12. The van der Waals surface area contributed by atoms with Crippen molar-refractivity contribution in [3.05, 3.63) is 35.9 Å². The summed E-state index contributed by atoms with van der Waals surface area (Å²) in [7, 11) is 1.30. The lowest BCUT2D eigenvalue weighted by Gasteiger charge is -2.28. The van der Waals surface area contributed by atoms with Crippen LogP contribution in [0.15, 0.2) is 30.3 Å². The van der Waals surface area contributed by atoms with Gasteiger partial charge < -0.3 is 4.74 Å². The Balaban J connectivity index is 3.17. The summed E-state index contributed by atoms with van der Waals surface area (Å²) in [5.41, 5.74) is 1.92. The summed E-state index contributed by atoms with van der Waals surface area (Å²) in [6.07, 6.45) is 0. The highest BCUT2D eigenvalue weighted by atomic mass is 35.5. The third-order valence-electron chi connectivity index (χ3n) is 2.25. The molecule has 82 valence electrons. The molecule has 0 saturated carbocycles. The summed E-state index contributed by atoms with van der Waals surface area (Å²) >= 11 is 5.79. The van der Waals surface area contributed by atoms with E-state index in [1.54, 1.807) is 24.3 Å². The maximum Gasteiger partial charge on any atom is 0.333 e. The molecule has 0 aliphatic carbocycles. The fraction of sp³-hybridized carbons (Fsp3) is 0.300. The number of hydrazine groups is 1. The molecular formula is C10H13ClN2O2. The van der Waals surface area contributed by atoms with E-state index in [4.69, 9.17) is 17.4 Å². The fourth-order valence-corrected chi connectivity index (χ4v) is 1.67. The van der Waals surface area contributed by atoms with E-state index in [-0.39, 0.29) is 5.88 Å². The first-order valence-corrected chi connectivity index (χ1v) is 4.92. The number of rotatable bonds is 4. The molecule has 0 radical (unpaired) electrons. The van der Waals surface area contributed by atoms with Gasteiger partial charge in [-0.3, -0.25) is 5.84 Å². The van der Waals surface area contributed by atoms with Gasteiger partial charge >= 0.3 is 5.97 Å². The number of ether oxygens (including phenoxy) is 1. The third-order valence-corrected chi connectivity index (χ3v) is 2.65. The smallest absolute Gasteiger partial charge is 0.333 e. The highest BCUT2D eigenvalue weighted by Crippen LogP contribution is 2.23. The zero-order chi connectivity index (χ0) is 11.3. The van der Waals surface area contributed by atoms with E-state index in [1.807, 2.05) is 6.07 Å². The normalized spacial score (nSPS) is 14.3. The van der Waals surface area contributed by atoms with Gasteiger partial charge in [-0.2, -0.15) is 0 Å². The van der Waals surface area contributed by atoms with Gasteiger partial charge in [0.25, 0.3) is 0 Å². The topological polar surface area (TPSA) is 64.3 Å². The standard InChI is InChI=1S/C10H13ClN2O2/c1-15-9(14)10(7-11,13-12)8-5-3-2-4-6-8/h2-6,13H,7,12H2,1H3. The Hall–Kier alpha value is -1.10.